The van der Waals surface area contributed by atoms with Gasteiger partial charge < -0.3 is 5.11 Å². The molecule has 0 spiro atoms. The molecule has 0 aromatic rings. The molecular weight excluding hydrogens is 208 g/mol. The van der Waals surface area contributed by atoms with Crippen LogP contribution in [0.3, 0.4) is 0 Å². The van der Waals surface area contributed by atoms with Crippen LogP contribution in [0.25, 0.3) is 0 Å². The highest BCUT2D eigenvalue weighted by Crippen LogP contribution is 2.33. The molecule has 1 aliphatic rings. The first kappa shape index (κ1) is 15.0. The van der Waals surface area contributed by atoms with Gasteiger partial charge in [0, 0.05) is 6.61 Å². The molecule has 0 amide bonds. The monoisotopic (exact) mass is 240 g/mol. The van der Waals surface area contributed by atoms with Crippen molar-refractivity contribution in [2.75, 3.05) is 6.61 Å². The lowest BCUT2D eigenvalue weighted by Gasteiger charge is -2.20. The maximum absolute atomic E-state index is 9.46. The Kier molecular flexibility index (Phi) is 8.78. The van der Waals surface area contributed by atoms with Gasteiger partial charge in [0.2, 0.25) is 0 Å². The fourth-order valence-electron chi connectivity index (χ4n) is 3.27. The Morgan fingerprint density at radius 1 is 0.941 bits per heavy atom. The molecule has 0 aromatic carbocycles. The molecule has 1 saturated carbocycles. The Labute approximate surface area is 108 Å². The Balaban J connectivity index is 1.96. The lowest BCUT2D eigenvalue weighted by atomic mass is 9.87. The van der Waals surface area contributed by atoms with E-state index in [1.165, 1.54) is 77.0 Å². The first-order valence-corrected chi connectivity index (χ1v) is 7.99. The van der Waals surface area contributed by atoms with Crippen LogP contribution in [0.4, 0.5) is 0 Å². The summed E-state index contributed by atoms with van der Waals surface area (Å²) in [7, 11) is 0. The standard InChI is InChI=1S/C16H32O/c1-2-3-4-5-6-7-8-13-16(14-17)15-11-9-10-12-15/h15-17H,2-14H2,1H3. The van der Waals surface area contributed by atoms with E-state index in [1.807, 2.05) is 0 Å². The smallest absolute Gasteiger partial charge is 0.0461 e. The molecule has 1 heteroatoms. The third-order valence-corrected chi connectivity index (χ3v) is 4.48. The minimum Gasteiger partial charge on any atom is -0.396 e. The number of aliphatic hydroxyl groups is 1. The molecular formula is C16H32O. The van der Waals surface area contributed by atoms with Gasteiger partial charge >= 0.3 is 0 Å². The Hall–Kier alpha value is -0.0400. The van der Waals surface area contributed by atoms with Gasteiger partial charge in [0.15, 0.2) is 0 Å². The van der Waals surface area contributed by atoms with Crippen molar-refractivity contribution in [1.29, 1.82) is 0 Å². The number of hydrogen-bond acceptors (Lipinski definition) is 1. The van der Waals surface area contributed by atoms with Crippen LogP contribution in [0.5, 0.6) is 0 Å². The van der Waals surface area contributed by atoms with Crippen LogP contribution in [-0.2, 0) is 0 Å². The van der Waals surface area contributed by atoms with Crippen LogP contribution >= 0.6 is 0 Å². The summed E-state index contributed by atoms with van der Waals surface area (Å²) in [6.07, 6.45) is 16.5. The molecule has 1 rings (SSSR count). The second kappa shape index (κ2) is 9.94. The summed E-state index contributed by atoms with van der Waals surface area (Å²) in [6.45, 7) is 2.70. The van der Waals surface area contributed by atoms with E-state index in [0.29, 0.717) is 12.5 Å². The zero-order valence-corrected chi connectivity index (χ0v) is 11.8. The van der Waals surface area contributed by atoms with E-state index < -0.39 is 0 Å². The van der Waals surface area contributed by atoms with Crippen LogP contribution in [-0.4, -0.2) is 11.7 Å². The highest BCUT2D eigenvalue weighted by atomic mass is 16.3. The fraction of sp³-hybridized carbons (Fsp3) is 1.00. The molecule has 1 atom stereocenters. The number of rotatable bonds is 10. The third kappa shape index (κ3) is 6.45. The van der Waals surface area contributed by atoms with Crippen LogP contribution in [0.1, 0.15) is 84.0 Å². The van der Waals surface area contributed by atoms with Crippen LogP contribution in [0, 0.1) is 11.8 Å². The van der Waals surface area contributed by atoms with Gasteiger partial charge in [0.25, 0.3) is 0 Å². The molecule has 1 aliphatic carbocycles. The molecule has 1 nitrogen and oxygen atoms in total. The predicted octanol–water partition coefficient (Wildman–Crippen LogP) is 4.93. The molecule has 0 heterocycles. The van der Waals surface area contributed by atoms with E-state index in [0.717, 1.165) is 5.92 Å². The molecule has 102 valence electrons. The van der Waals surface area contributed by atoms with Crippen LogP contribution < -0.4 is 0 Å². The molecule has 0 radical (unpaired) electrons. The maximum Gasteiger partial charge on any atom is 0.0461 e. The summed E-state index contributed by atoms with van der Waals surface area (Å²) >= 11 is 0. The number of aliphatic hydroxyl groups excluding tert-OH is 1. The van der Waals surface area contributed by atoms with E-state index in [4.69, 9.17) is 0 Å². The highest BCUT2D eigenvalue weighted by Gasteiger charge is 2.23. The molecule has 17 heavy (non-hydrogen) atoms. The average Bonchev–Trinajstić information content (AvgIpc) is 2.86. The van der Waals surface area contributed by atoms with Crippen molar-refractivity contribution >= 4 is 0 Å². The van der Waals surface area contributed by atoms with Gasteiger partial charge in [-0.2, -0.15) is 0 Å². The molecule has 1 fully saturated rings. The second-order valence-corrected chi connectivity index (χ2v) is 5.90. The minimum atomic E-state index is 0.431. The van der Waals surface area contributed by atoms with Gasteiger partial charge in [0.05, 0.1) is 0 Å². The molecule has 0 aliphatic heterocycles. The summed E-state index contributed by atoms with van der Waals surface area (Å²) < 4.78 is 0. The SMILES string of the molecule is CCCCCCCCCC(CO)C1CCCC1. The van der Waals surface area contributed by atoms with Crippen molar-refractivity contribution in [3.63, 3.8) is 0 Å². The number of hydrogen-bond donors (Lipinski definition) is 1. The van der Waals surface area contributed by atoms with Gasteiger partial charge in [-0.05, 0) is 18.3 Å². The fourth-order valence-corrected chi connectivity index (χ4v) is 3.27. The van der Waals surface area contributed by atoms with Gasteiger partial charge in [0.1, 0.15) is 0 Å². The Morgan fingerprint density at radius 3 is 2.12 bits per heavy atom. The maximum atomic E-state index is 9.46. The van der Waals surface area contributed by atoms with Gasteiger partial charge in [-0.1, -0.05) is 77.6 Å². The molecule has 0 bridgehead atoms. The van der Waals surface area contributed by atoms with E-state index in [2.05, 4.69) is 6.92 Å². The highest BCUT2D eigenvalue weighted by molar-refractivity contribution is 4.75. The van der Waals surface area contributed by atoms with Crippen LogP contribution in [0.15, 0.2) is 0 Å². The summed E-state index contributed by atoms with van der Waals surface area (Å²) in [5.74, 6) is 1.47. The van der Waals surface area contributed by atoms with Crippen molar-refractivity contribution in [1.82, 2.24) is 0 Å². The van der Waals surface area contributed by atoms with Crippen molar-refractivity contribution in [2.24, 2.45) is 11.8 Å². The van der Waals surface area contributed by atoms with E-state index >= 15 is 0 Å². The summed E-state index contributed by atoms with van der Waals surface area (Å²) in [5.41, 5.74) is 0. The van der Waals surface area contributed by atoms with Crippen LogP contribution in [0.2, 0.25) is 0 Å². The summed E-state index contributed by atoms with van der Waals surface area (Å²) in [4.78, 5) is 0. The average molecular weight is 240 g/mol. The van der Waals surface area contributed by atoms with Gasteiger partial charge in [-0.15, -0.1) is 0 Å². The Bertz CT molecular complexity index is 161. The zero-order valence-electron chi connectivity index (χ0n) is 11.8. The molecule has 0 aromatic heterocycles. The summed E-state index contributed by atoms with van der Waals surface area (Å²) in [6, 6.07) is 0. The molecule has 1 N–H and O–H groups in total. The van der Waals surface area contributed by atoms with Crippen molar-refractivity contribution in [3.05, 3.63) is 0 Å². The van der Waals surface area contributed by atoms with E-state index in [1.54, 1.807) is 0 Å². The first-order chi connectivity index (χ1) is 8.38. The topological polar surface area (TPSA) is 20.2 Å². The first-order valence-electron chi connectivity index (χ1n) is 7.99. The van der Waals surface area contributed by atoms with Crippen molar-refractivity contribution in [3.8, 4) is 0 Å². The Morgan fingerprint density at radius 2 is 1.53 bits per heavy atom. The molecule has 1 unspecified atom stereocenters. The second-order valence-electron chi connectivity index (χ2n) is 5.90. The lowest BCUT2D eigenvalue weighted by molar-refractivity contribution is 0.165. The minimum absolute atomic E-state index is 0.431. The molecule has 0 saturated heterocycles. The number of unbranched alkanes of at least 4 members (excludes halogenated alkanes) is 6. The normalized spacial score (nSPS) is 18.7. The largest absolute Gasteiger partial charge is 0.396 e. The quantitative estimate of drug-likeness (QED) is 0.537. The van der Waals surface area contributed by atoms with Gasteiger partial charge in [-0.25, -0.2) is 0 Å². The lowest BCUT2D eigenvalue weighted by Crippen LogP contribution is -2.15. The zero-order chi connectivity index (χ0) is 12.3. The van der Waals surface area contributed by atoms with Gasteiger partial charge in [-0.3, -0.25) is 0 Å². The predicted molar refractivity (Wildman–Crippen MR) is 75.1 cm³/mol. The van der Waals surface area contributed by atoms with Crippen molar-refractivity contribution in [2.45, 2.75) is 84.0 Å². The van der Waals surface area contributed by atoms with E-state index in [9.17, 15) is 5.11 Å². The third-order valence-electron chi connectivity index (χ3n) is 4.48. The summed E-state index contributed by atoms with van der Waals surface area (Å²) in [5, 5.41) is 9.46. The van der Waals surface area contributed by atoms with Crippen molar-refractivity contribution < 1.29 is 5.11 Å². The van der Waals surface area contributed by atoms with E-state index in [-0.39, 0.29) is 0 Å².